The lowest BCUT2D eigenvalue weighted by Crippen LogP contribution is -2.42. The second-order valence-electron chi connectivity index (χ2n) is 6.39. The van der Waals surface area contributed by atoms with Crippen LogP contribution >= 0.6 is 11.6 Å². The topological polar surface area (TPSA) is 26.3 Å². The zero-order valence-corrected chi connectivity index (χ0v) is 14.2. The van der Waals surface area contributed by atoms with Crippen LogP contribution in [0.2, 0.25) is 23.2 Å². The Labute approximate surface area is 122 Å². The molecule has 0 aliphatic heterocycles. The maximum atomic E-state index is 11.9. The van der Waals surface area contributed by atoms with E-state index < -0.39 is 8.32 Å². The molecule has 0 radical (unpaired) electrons. The van der Waals surface area contributed by atoms with Gasteiger partial charge in [-0.25, -0.2) is 0 Å². The van der Waals surface area contributed by atoms with Crippen LogP contribution in [0.1, 0.15) is 26.3 Å². The Hall–Kier alpha value is -0.643. The molecule has 0 fully saturated rings. The van der Waals surface area contributed by atoms with Crippen LogP contribution < -0.4 is 0 Å². The van der Waals surface area contributed by atoms with Crippen LogP contribution in [0.5, 0.6) is 0 Å². The van der Waals surface area contributed by atoms with Crippen LogP contribution in [0.3, 0.4) is 0 Å². The summed E-state index contributed by atoms with van der Waals surface area (Å²) in [5, 5.41) is 0.821. The largest absolute Gasteiger partial charge is 0.410 e. The highest BCUT2D eigenvalue weighted by Gasteiger charge is 2.37. The predicted molar refractivity (Wildman–Crippen MR) is 83.3 cm³/mol. The minimum absolute atomic E-state index is 0.118. The maximum absolute atomic E-state index is 11.9. The van der Waals surface area contributed by atoms with Gasteiger partial charge in [-0.2, -0.15) is 0 Å². The lowest BCUT2D eigenvalue weighted by molar-refractivity contribution is -0.120. The van der Waals surface area contributed by atoms with Crippen molar-refractivity contribution in [2.24, 2.45) is 0 Å². The van der Waals surface area contributed by atoms with Gasteiger partial charge in [-0.05, 0) is 35.8 Å². The molecule has 0 saturated heterocycles. The molecular weight excluding hydrogens is 276 g/mol. The fraction of sp³-hybridized carbons (Fsp3) is 0.533. The fourth-order valence-electron chi connectivity index (χ4n) is 1.36. The van der Waals surface area contributed by atoms with Gasteiger partial charge in [0.15, 0.2) is 14.1 Å². The van der Waals surface area contributed by atoms with Crippen molar-refractivity contribution in [1.29, 1.82) is 0 Å². The average molecular weight is 299 g/mol. The van der Waals surface area contributed by atoms with Crippen molar-refractivity contribution < 1.29 is 9.22 Å². The average Bonchev–Trinajstić information content (AvgIpc) is 2.28. The third-order valence-corrected chi connectivity index (χ3v) is 8.45. The molecule has 0 unspecified atom stereocenters. The smallest absolute Gasteiger partial charge is 0.192 e. The molecule has 0 atom stereocenters. The maximum Gasteiger partial charge on any atom is 0.192 e. The molecule has 1 aromatic carbocycles. The Bertz CT molecular complexity index is 432. The number of carbonyl (C=O) groups excluding carboxylic acids is 1. The van der Waals surface area contributed by atoms with Crippen molar-refractivity contribution in [3.8, 4) is 0 Å². The number of ketones is 1. The number of benzene rings is 1. The molecular formula is C15H23ClO2Si. The summed E-state index contributed by atoms with van der Waals surface area (Å²) >= 11 is 5.82. The van der Waals surface area contributed by atoms with Crippen LogP contribution in [0, 0.1) is 0 Å². The highest BCUT2D eigenvalue weighted by Crippen LogP contribution is 2.36. The van der Waals surface area contributed by atoms with E-state index in [0.29, 0.717) is 11.4 Å². The third kappa shape index (κ3) is 5.09. The molecule has 0 heterocycles. The van der Waals surface area contributed by atoms with Crippen molar-refractivity contribution >= 4 is 25.7 Å². The summed E-state index contributed by atoms with van der Waals surface area (Å²) in [4.78, 5) is 11.9. The fourth-order valence-corrected chi connectivity index (χ4v) is 2.44. The van der Waals surface area contributed by atoms with Crippen molar-refractivity contribution in [2.75, 3.05) is 6.61 Å². The summed E-state index contributed by atoms with van der Waals surface area (Å²) in [6, 6.07) is 7.37. The van der Waals surface area contributed by atoms with Crippen LogP contribution in [-0.2, 0) is 15.6 Å². The van der Waals surface area contributed by atoms with E-state index in [1.165, 1.54) is 0 Å². The first kappa shape index (κ1) is 16.4. The number of carbonyl (C=O) groups is 1. The second kappa shape index (κ2) is 6.20. The molecule has 106 valence electrons. The summed E-state index contributed by atoms with van der Waals surface area (Å²) < 4.78 is 5.91. The Balaban J connectivity index is 2.51. The molecule has 0 spiro atoms. The van der Waals surface area contributed by atoms with Crippen molar-refractivity contribution in [2.45, 2.75) is 45.3 Å². The van der Waals surface area contributed by atoms with Gasteiger partial charge in [-0.1, -0.05) is 44.5 Å². The first-order valence-electron chi connectivity index (χ1n) is 6.52. The molecule has 0 aromatic heterocycles. The summed E-state index contributed by atoms with van der Waals surface area (Å²) in [6.45, 7) is 11.0. The highest BCUT2D eigenvalue weighted by atomic mass is 35.5. The first-order chi connectivity index (χ1) is 8.62. The highest BCUT2D eigenvalue weighted by molar-refractivity contribution is 6.74. The molecule has 0 saturated carbocycles. The molecule has 19 heavy (non-hydrogen) atoms. The molecule has 1 rings (SSSR count). The molecule has 0 aliphatic carbocycles. The molecule has 2 nitrogen and oxygen atoms in total. The summed E-state index contributed by atoms with van der Waals surface area (Å²) in [5.74, 6) is 0.118. The SMILES string of the molecule is CC(C)(C)[Si](C)(C)OCC(=O)Cc1ccc(Cl)cc1. The number of hydrogen-bond donors (Lipinski definition) is 0. The van der Waals surface area contributed by atoms with E-state index >= 15 is 0 Å². The van der Waals surface area contributed by atoms with E-state index in [1.54, 1.807) is 12.1 Å². The quantitative estimate of drug-likeness (QED) is 0.750. The normalized spacial score (nSPS) is 12.5. The number of rotatable bonds is 5. The van der Waals surface area contributed by atoms with Gasteiger partial charge in [-0.3, -0.25) is 4.79 Å². The Morgan fingerprint density at radius 3 is 2.21 bits per heavy atom. The number of hydrogen-bond acceptors (Lipinski definition) is 2. The summed E-state index contributed by atoms with van der Waals surface area (Å²) in [5.41, 5.74) is 0.980. The second-order valence-corrected chi connectivity index (χ2v) is 11.6. The van der Waals surface area contributed by atoms with Crippen LogP contribution in [0.15, 0.2) is 24.3 Å². The van der Waals surface area contributed by atoms with Gasteiger partial charge in [0.05, 0.1) is 6.61 Å². The minimum atomic E-state index is -1.84. The Kier molecular flexibility index (Phi) is 5.36. The Morgan fingerprint density at radius 1 is 1.21 bits per heavy atom. The van der Waals surface area contributed by atoms with Crippen LogP contribution in [-0.4, -0.2) is 20.7 Å². The van der Waals surface area contributed by atoms with Gasteiger partial charge >= 0.3 is 0 Å². The van der Waals surface area contributed by atoms with Gasteiger partial charge in [0.2, 0.25) is 0 Å². The van der Waals surface area contributed by atoms with Gasteiger partial charge in [0, 0.05) is 11.4 Å². The van der Waals surface area contributed by atoms with Crippen molar-refractivity contribution in [3.63, 3.8) is 0 Å². The van der Waals surface area contributed by atoms with E-state index in [4.69, 9.17) is 16.0 Å². The van der Waals surface area contributed by atoms with E-state index in [0.717, 1.165) is 5.56 Å². The van der Waals surface area contributed by atoms with E-state index in [1.807, 2.05) is 12.1 Å². The standard InChI is InChI=1S/C15H23ClO2Si/c1-15(2,3)19(4,5)18-11-14(17)10-12-6-8-13(16)9-7-12/h6-9H,10-11H2,1-5H3. The third-order valence-electron chi connectivity index (χ3n) is 3.71. The molecule has 0 amide bonds. The molecule has 4 heteroatoms. The lowest BCUT2D eigenvalue weighted by Gasteiger charge is -2.35. The zero-order valence-electron chi connectivity index (χ0n) is 12.4. The van der Waals surface area contributed by atoms with Crippen LogP contribution in [0.25, 0.3) is 0 Å². The van der Waals surface area contributed by atoms with Gasteiger partial charge in [0.1, 0.15) is 0 Å². The van der Waals surface area contributed by atoms with Gasteiger partial charge in [-0.15, -0.1) is 0 Å². The number of halogens is 1. The van der Waals surface area contributed by atoms with E-state index in [2.05, 4.69) is 33.9 Å². The van der Waals surface area contributed by atoms with E-state index in [9.17, 15) is 4.79 Å². The monoisotopic (exact) mass is 298 g/mol. The minimum Gasteiger partial charge on any atom is -0.410 e. The predicted octanol–water partition coefficient (Wildman–Crippen LogP) is 4.47. The van der Waals surface area contributed by atoms with Crippen molar-refractivity contribution in [1.82, 2.24) is 0 Å². The molecule has 0 aliphatic rings. The zero-order chi connectivity index (χ0) is 14.7. The lowest BCUT2D eigenvalue weighted by atomic mass is 10.1. The van der Waals surface area contributed by atoms with Gasteiger partial charge in [0.25, 0.3) is 0 Å². The van der Waals surface area contributed by atoms with Crippen LogP contribution in [0.4, 0.5) is 0 Å². The Morgan fingerprint density at radius 2 is 1.74 bits per heavy atom. The molecule has 0 N–H and O–H groups in total. The summed E-state index contributed by atoms with van der Waals surface area (Å²) in [7, 11) is -1.84. The molecule has 0 bridgehead atoms. The van der Waals surface area contributed by atoms with E-state index in [-0.39, 0.29) is 17.4 Å². The van der Waals surface area contributed by atoms with Crippen molar-refractivity contribution in [3.05, 3.63) is 34.9 Å². The number of Topliss-reactive ketones (excluding diaryl/α,β-unsaturated/α-hetero) is 1. The van der Waals surface area contributed by atoms with Gasteiger partial charge < -0.3 is 4.43 Å². The molecule has 1 aromatic rings. The summed E-state index contributed by atoms with van der Waals surface area (Å²) in [6.07, 6.45) is 0.409. The first-order valence-corrected chi connectivity index (χ1v) is 9.80.